The van der Waals surface area contributed by atoms with Crippen molar-refractivity contribution in [3.63, 3.8) is 0 Å². The molecule has 0 amide bonds. The zero-order valence-corrected chi connectivity index (χ0v) is 12.4. The predicted octanol–water partition coefficient (Wildman–Crippen LogP) is 1.71. The van der Waals surface area contributed by atoms with Gasteiger partial charge in [-0.05, 0) is 31.2 Å². The fourth-order valence-corrected chi connectivity index (χ4v) is 2.49. The summed E-state index contributed by atoms with van der Waals surface area (Å²) < 4.78 is 10.5. The molecule has 0 saturated carbocycles. The molecular formula is C15H20N4O2. The van der Waals surface area contributed by atoms with Gasteiger partial charge in [-0.25, -0.2) is 0 Å². The zero-order valence-electron chi connectivity index (χ0n) is 12.4. The van der Waals surface area contributed by atoms with Gasteiger partial charge in [-0.2, -0.15) is 4.98 Å². The highest BCUT2D eigenvalue weighted by atomic mass is 16.5. The van der Waals surface area contributed by atoms with Gasteiger partial charge in [-0.3, -0.25) is 4.90 Å². The third-order valence-corrected chi connectivity index (χ3v) is 3.85. The average molecular weight is 288 g/mol. The molecule has 0 radical (unpaired) electrons. The number of aromatic nitrogens is 2. The van der Waals surface area contributed by atoms with E-state index in [9.17, 15) is 0 Å². The molecule has 0 aliphatic carbocycles. The van der Waals surface area contributed by atoms with Crippen LogP contribution >= 0.6 is 0 Å². The van der Waals surface area contributed by atoms with Crippen LogP contribution in [-0.2, 0) is 0 Å². The molecule has 2 aromatic rings. The van der Waals surface area contributed by atoms with Crippen molar-refractivity contribution >= 4 is 0 Å². The number of piperazine rings is 1. The van der Waals surface area contributed by atoms with E-state index in [4.69, 9.17) is 9.26 Å². The summed E-state index contributed by atoms with van der Waals surface area (Å²) in [6, 6.07) is 7.79. The Bertz CT molecular complexity index is 576. The lowest BCUT2D eigenvalue weighted by atomic mass is 10.2. The molecule has 2 heterocycles. The van der Waals surface area contributed by atoms with Gasteiger partial charge in [0.1, 0.15) is 5.75 Å². The SMILES string of the molecule is COc1ccc(-c2nc(C(C)N3CCNCC3)no2)cc1. The van der Waals surface area contributed by atoms with Crippen molar-refractivity contribution < 1.29 is 9.26 Å². The quantitative estimate of drug-likeness (QED) is 0.924. The maximum atomic E-state index is 5.39. The lowest BCUT2D eigenvalue weighted by Gasteiger charge is -2.30. The molecule has 21 heavy (non-hydrogen) atoms. The standard InChI is InChI=1S/C15H20N4O2/c1-11(19-9-7-16-8-10-19)14-17-15(21-18-14)12-3-5-13(20-2)6-4-12/h3-6,11,16H,7-10H2,1-2H3. The van der Waals surface area contributed by atoms with E-state index in [0.717, 1.165) is 43.3 Å². The largest absolute Gasteiger partial charge is 0.497 e. The van der Waals surface area contributed by atoms with Gasteiger partial charge in [0.25, 0.3) is 5.89 Å². The van der Waals surface area contributed by atoms with Gasteiger partial charge in [-0.15, -0.1) is 0 Å². The van der Waals surface area contributed by atoms with E-state index in [1.165, 1.54) is 0 Å². The van der Waals surface area contributed by atoms with Crippen LogP contribution < -0.4 is 10.1 Å². The van der Waals surface area contributed by atoms with E-state index in [1.54, 1.807) is 7.11 Å². The van der Waals surface area contributed by atoms with Gasteiger partial charge < -0.3 is 14.6 Å². The second-order valence-corrected chi connectivity index (χ2v) is 5.15. The van der Waals surface area contributed by atoms with Gasteiger partial charge in [0.05, 0.1) is 13.2 Å². The Balaban J connectivity index is 1.75. The summed E-state index contributed by atoms with van der Waals surface area (Å²) in [5, 5.41) is 7.48. The van der Waals surface area contributed by atoms with E-state index >= 15 is 0 Å². The topological polar surface area (TPSA) is 63.4 Å². The number of nitrogens with one attached hydrogen (secondary N) is 1. The van der Waals surface area contributed by atoms with Crippen LogP contribution in [0.5, 0.6) is 5.75 Å². The number of ether oxygens (including phenoxy) is 1. The Morgan fingerprint density at radius 1 is 1.24 bits per heavy atom. The van der Waals surface area contributed by atoms with E-state index in [-0.39, 0.29) is 6.04 Å². The Kier molecular flexibility index (Phi) is 4.17. The molecule has 0 bridgehead atoms. The summed E-state index contributed by atoms with van der Waals surface area (Å²) in [5.41, 5.74) is 0.905. The molecular weight excluding hydrogens is 268 g/mol. The van der Waals surface area contributed by atoms with Gasteiger partial charge >= 0.3 is 0 Å². The molecule has 1 aliphatic rings. The first-order valence-corrected chi connectivity index (χ1v) is 7.21. The summed E-state index contributed by atoms with van der Waals surface area (Å²) >= 11 is 0. The van der Waals surface area contributed by atoms with Crippen LogP contribution in [0.15, 0.2) is 28.8 Å². The Morgan fingerprint density at radius 2 is 1.95 bits per heavy atom. The van der Waals surface area contributed by atoms with Crippen molar-refractivity contribution in [1.82, 2.24) is 20.4 Å². The lowest BCUT2D eigenvalue weighted by Crippen LogP contribution is -2.44. The molecule has 1 atom stereocenters. The first-order valence-electron chi connectivity index (χ1n) is 7.21. The van der Waals surface area contributed by atoms with Crippen LogP contribution in [0.4, 0.5) is 0 Å². The van der Waals surface area contributed by atoms with E-state index < -0.39 is 0 Å². The fourth-order valence-electron chi connectivity index (χ4n) is 2.49. The Labute approximate surface area is 124 Å². The third-order valence-electron chi connectivity index (χ3n) is 3.85. The summed E-state index contributed by atoms with van der Waals surface area (Å²) in [5.74, 6) is 2.10. The number of hydrogen-bond acceptors (Lipinski definition) is 6. The maximum Gasteiger partial charge on any atom is 0.257 e. The molecule has 1 fully saturated rings. The summed E-state index contributed by atoms with van der Waals surface area (Å²) in [6.45, 7) is 6.15. The number of hydrogen-bond donors (Lipinski definition) is 1. The first kappa shape index (κ1) is 14.0. The summed E-state index contributed by atoms with van der Waals surface area (Å²) in [6.07, 6.45) is 0. The van der Waals surface area contributed by atoms with Crippen molar-refractivity contribution in [2.75, 3.05) is 33.3 Å². The second kappa shape index (κ2) is 6.24. The van der Waals surface area contributed by atoms with Crippen molar-refractivity contribution in [1.29, 1.82) is 0 Å². The van der Waals surface area contributed by atoms with E-state index in [1.807, 2.05) is 24.3 Å². The first-order chi connectivity index (χ1) is 10.3. The summed E-state index contributed by atoms with van der Waals surface area (Å²) in [7, 11) is 1.65. The van der Waals surface area contributed by atoms with Crippen LogP contribution in [0.2, 0.25) is 0 Å². The Hall–Kier alpha value is -1.92. The van der Waals surface area contributed by atoms with Crippen LogP contribution in [-0.4, -0.2) is 48.3 Å². The zero-order chi connectivity index (χ0) is 14.7. The van der Waals surface area contributed by atoms with Crippen molar-refractivity contribution in [3.05, 3.63) is 30.1 Å². The van der Waals surface area contributed by atoms with E-state index in [0.29, 0.717) is 5.89 Å². The smallest absolute Gasteiger partial charge is 0.257 e. The van der Waals surface area contributed by atoms with E-state index in [2.05, 4.69) is 27.3 Å². The van der Waals surface area contributed by atoms with Gasteiger partial charge in [-0.1, -0.05) is 5.16 Å². The molecule has 0 spiro atoms. The average Bonchev–Trinajstić information content (AvgIpc) is 3.05. The van der Waals surface area contributed by atoms with Crippen LogP contribution in [0, 0.1) is 0 Å². The molecule has 6 nitrogen and oxygen atoms in total. The number of rotatable bonds is 4. The third kappa shape index (κ3) is 3.06. The minimum atomic E-state index is 0.169. The number of methoxy groups -OCH3 is 1. The summed E-state index contributed by atoms with van der Waals surface area (Å²) in [4.78, 5) is 6.89. The van der Waals surface area contributed by atoms with Crippen LogP contribution in [0.3, 0.4) is 0 Å². The normalized spacial score (nSPS) is 17.6. The van der Waals surface area contributed by atoms with Gasteiger partial charge in [0.2, 0.25) is 0 Å². The highest BCUT2D eigenvalue weighted by Crippen LogP contribution is 2.24. The Morgan fingerprint density at radius 3 is 2.62 bits per heavy atom. The maximum absolute atomic E-state index is 5.39. The highest BCUT2D eigenvalue weighted by Gasteiger charge is 2.22. The van der Waals surface area contributed by atoms with Gasteiger partial charge in [0.15, 0.2) is 5.82 Å². The minimum Gasteiger partial charge on any atom is -0.497 e. The minimum absolute atomic E-state index is 0.169. The monoisotopic (exact) mass is 288 g/mol. The van der Waals surface area contributed by atoms with Crippen LogP contribution in [0.1, 0.15) is 18.8 Å². The molecule has 1 unspecified atom stereocenters. The van der Waals surface area contributed by atoms with Crippen molar-refractivity contribution in [3.8, 4) is 17.2 Å². The molecule has 1 aromatic carbocycles. The number of benzene rings is 1. The molecule has 1 aromatic heterocycles. The number of nitrogens with zero attached hydrogens (tertiary/aromatic N) is 3. The molecule has 1 saturated heterocycles. The fraction of sp³-hybridized carbons (Fsp3) is 0.467. The molecule has 1 aliphatic heterocycles. The van der Waals surface area contributed by atoms with Crippen molar-refractivity contribution in [2.24, 2.45) is 0 Å². The van der Waals surface area contributed by atoms with Crippen LogP contribution in [0.25, 0.3) is 11.5 Å². The highest BCUT2D eigenvalue weighted by molar-refractivity contribution is 5.54. The molecule has 6 heteroatoms. The lowest BCUT2D eigenvalue weighted by molar-refractivity contribution is 0.176. The molecule has 3 rings (SSSR count). The molecule has 1 N–H and O–H groups in total. The predicted molar refractivity (Wildman–Crippen MR) is 79.1 cm³/mol. The van der Waals surface area contributed by atoms with Gasteiger partial charge in [0, 0.05) is 31.7 Å². The van der Waals surface area contributed by atoms with Crippen molar-refractivity contribution in [2.45, 2.75) is 13.0 Å². The second-order valence-electron chi connectivity index (χ2n) is 5.15. The molecule has 112 valence electrons.